The highest BCUT2D eigenvalue weighted by atomic mass is 19.4. The van der Waals surface area contributed by atoms with Gasteiger partial charge in [0, 0.05) is 12.5 Å². The summed E-state index contributed by atoms with van der Waals surface area (Å²) in [7, 11) is 0. The van der Waals surface area contributed by atoms with Gasteiger partial charge in [0.2, 0.25) is 0 Å². The zero-order chi connectivity index (χ0) is 15.0. The Balaban J connectivity index is 2.10. The number of fused-ring (bicyclic) bond motifs is 1. The third-order valence-electron chi connectivity index (χ3n) is 3.18. The van der Waals surface area contributed by atoms with E-state index in [1.165, 1.54) is 28.7 Å². The van der Waals surface area contributed by atoms with Crippen molar-refractivity contribution in [1.82, 2.24) is 14.6 Å². The standard InChI is InChI=1S/C14H10F3N3O/c15-14(16,17)10-5-2-1-4-9(10)8-12-19-18-11-6-3-7-13(21)20(11)12/h1-7,18H,8H2. The Morgan fingerprint density at radius 1 is 1.10 bits per heavy atom. The van der Waals surface area contributed by atoms with Crippen LogP contribution in [0.4, 0.5) is 13.2 Å². The Morgan fingerprint density at radius 3 is 2.62 bits per heavy atom. The number of pyridine rings is 1. The molecule has 7 heteroatoms. The predicted molar refractivity (Wildman–Crippen MR) is 70.1 cm³/mol. The molecule has 0 aliphatic heterocycles. The molecule has 0 radical (unpaired) electrons. The molecular weight excluding hydrogens is 283 g/mol. The topological polar surface area (TPSA) is 50.2 Å². The van der Waals surface area contributed by atoms with Crippen LogP contribution in [0, 0.1) is 0 Å². The van der Waals surface area contributed by atoms with E-state index in [1.54, 1.807) is 12.1 Å². The number of alkyl halides is 3. The largest absolute Gasteiger partial charge is 0.416 e. The zero-order valence-corrected chi connectivity index (χ0v) is 10.7. The quantitative estimate of drug-likeness (QED) is 0.789. The summed E-state index contributed by atoms with van der Waals surface area (Å²) in [5, 5.41) is 6.58. The Kier molecular flexibility index (Phi) is 3.04. The van der Waals surface area contributed by atoms with E-state index in [-0.39, 0.29) is 23.4 Å². The summed E-state index contributed by atoms with van der Waals surface area (Å²) in [6.07, 6.45) is -4.52. The number of rotatable bonds is 2. The summed E-state index contributed by atoms with van der Waals surface area (Å²) in [5.41, 5.74) is -0.526. The molecule has 0 unspecified atom stereocenters. The van der Waals surface area contributed by atoms with Crippen LogP contribution in [0.1, 0.15) is 17.0 Å². The molecule has 0 saturated carbocycles. The lowest BCUT2D eigenvalue weighted by Crippen LogP contribution is -2.15. The monoisotopic (exact) mass is 293 g/mol. The van der Waals surface area contributed by atoms with E-state index < -0.39 is 11.7 Å². The van der Waals surface area contributed by atoms with Crippen molar-refractivity contribution in [1.29, 1.82) is 0 Å². The molecule has 0 amide bonds. The van der Waals surface area contributed by atoms with Crippen molar-refractivity contribution in [3.05, 3.63) is 69.8 Å². The first-order chi connectivity index (χ1) is 9.97. The Labute approximate surface area is 116 Å². The molecule has 2 heterocycles. The molecular formula is C14H10F3N3O. The molecule has 108 valence electrons. The minimum atomic E-state index is -4.44. The maximum absolute atomic E-state index is 13.0. The summed E-state index contributed by atoms with van der Waals surface area (Å²) in [5.74, 6) is 0.243. The maximum atomic E-state index is 13.0. The molecule has 0 aliphatic carbocycles. The normalized spacial score (nSPS) is 12.0. The SMILES string of the molecule is O=c1cccc2[nH]nc(Cc3ccccc3C(F)(F)F)n12. The van der Waals surface area contributed by atoms with E-state index in [4.69, 9.17) is 0 Å². The first-order valence-corrected chi connectivity index (χ1v) is 6.17. The van der Waals surface area contributed by atoms with Gasteiger partial charge in [-0.3, -0.25) is 9.89 Å². The fraction of sp³-hybridized carbons (Fsp3) is 0.143. The number of hydrogen-bond donors (Lipinski definition) is 1. The first kappa shape index (κ1) is 13.4. The van der Waals surface area contributed by atoms with E-state index in [9.17, 15) is 18.0 Å². The van der Waals surface area contributed by atoms with Crippen LogP contribution in [-0.2, 0) is 12.6 Å². The van der Waals surface area contributed by atoms with Crippen molar-refractivity contribution >= 4 is 5.65 Å². The van der Waals surface area contributed by atoms with Gasteiger partial charge in [-0.2, -0.15) is 18.3 Å². The van der Waals surface area contributed by atoms with Crippen LogP contribution >= 0.6 is 0 Å². The minimum absolute atomic E-state index is 0.0779. The second-order valence-electron chi connectivity index (χ2n) is 4.56. The molecule has 0 fully saturated rings. The van der Waals surface area contributed by atoms with Crippen molar-refractivity contribution in [2.45, 2.75) is 12.6 Å². The minimum Gasteiger partial charge on any atom is -0.269 e. The summed E-state index contributed by atoms with van der Waals surface area (Å²) in [6, 6.07) is 9.80. The molecule has 0 saturated heterocycles. The van der Waals surface area contributed by atoms with Crippen LogP contribution in [0.5, 0.6) is 0 Å². The number of benzene rings is 1. The van der Waals surface area contributed by atoms with Crippen LogP contribution < -0.4 is 5.56 Å². The van der Waals surface area contributed by atoms with E-state index in [2.05, 4.69) is 10.2 Å². The molecule has 3 aromatic rings. The van der Waals surface area contributed by atoms with Gasteiger partial charge < -0.3 is 0 Å². The smallest absolute Gasteiger partial charge is 0.269 e. The van der Waals surface area contributed by atoms with Gasteiger partial charge in [0.05, 0.1) is 5.56 Å². The zero-order valence-electron chi connectivity index (χ0n) is 10.7. The molecule has 0 spiro atoms. The van der Waals surface area contributed by atoms with Gasteiger partial charge in [0.1, 0.15) is 11.5 Å². The Bertz CT molecular complexity index is 848. The van der Waals surface area contributed by atoms with E-state index >= 15 is 0 Å². The number of H-pyrrole nitrogens is 1. The van der Waals surface area contributed by atoms with Gasteiger partial charge in [-0.15, -0.1) is 0 Å². The summed E-state index contributed by atoms with van der Waals surface area (Å²) >= 11 is 0. The third kappa shape index (κ3) is 2.42. The second kappa shape index (κ2) is 4.76. The number of nitrogens with one attached hydrogen (secondary N) is 1. The second-order valence-corrected chi connectivity index (χ2v) is 4.56. The number of hydrogen-bond acceptors (Lipinski definition) is 2. The van der Waals surface area contributed by atoms with Crippen LogP contribution in [0.15, 0.2) is 47.3 Å². The lowest BCUT2D eigenvalue weighted by Gasteiger charge is -2.11. The summed E-state index contributed by atoms with van der Waals surface area (Å²) < 4.78 is 40.2. The van der Waals surface area contributed by atoms with E-state index in [0.29, 0.717) is 5.65 Å². The van der Waals surface area contributed by atoms with Crippen LogP contribution in [-0.4, -0.2) is 14.6 Å². The Morgan fingerprint density at radius 2 is 1.86 bits per heavy atom. The van der Waals surface area contributed by atoms with Crippen molar-refractivity contribution < 1.29 is 13.2 Å². The van der Waals surface area contributed by atoms with Gasteiger partial charge in [-0.05, 0) is 17.7 Å². The maximum Gasteiger partial charge on any atom is 0.416 e. The average molecular weight is 293 g/mol. The van der Waals surface area contributed by atoms with Crippen molar-refractivity contribution in [2.24, 2.45) is 0 Å². The van der Waals surface area contributed by atoms with Gasteiger partial charge >= 0.3 is 6.18 Å². The third-order valence-corrected chi connectivity index (χ3v) is 3.18. The molecule has 1 N–H and O–H groups in total. The number of halogens is 3. The molecule has 0 bridgehead atoms. The van der Waals surface area contributed by atoms with Crippen LogP contribution in [0.2, 0.25) is 0 Å². The fourth-order valence-corrected chi connectivity index (χ4v) is 2.25. The van der Waals surface area contributed by atoms with Gasteiger partial charge in [0.25, 0.3) is 5.56 Å². The molecule has 4 nitrogen and oxygen atoms in total. The van der Waals surface area contributed by atoms with Crippen LogP contribution in [0.25, 0.3) is 5.65 Å². The van der Waals surface area contributed by atoms with Gasteiger partial charge in [-0.25, -0.2) is 4.40 Å². The predicted octanol–water partition coefficient (Wildman–Crippen LogP) is 2.63. The van der Waals surface area contributed by atoms with E-state index in [1.807, 2.05) is 0 Å². The average Bonchev–Trinajstić information content (AvgIpc) is 2.83. The molecule has 1 aromatic carbocycles. The summed E-state index contributed by atoms with van der Waals surface area (Å²) in [4.78, 5) is 11.8. The van der Waals surface area contributed by atoms with Crippen molar-refractivity contribution in [2.75, 3.05) is 0 Å². The lowest BCUT2D eigenvalue weighted by molar-refractivity contribution is -0.138. The molecule has 0 aliphatic rings. The molecule has 21 heavy (non-hydrogen) atoms. The molecule has 2 aromatic heterocycles. The summed E-state index contributed by atoms with van der Waals surface area (Å²) in [6.45, 7) is 0. The highest BCUT2D eigenvalue weighted by molar-refractivity contribution is 5.39. The highest BCUT2D eigenvalue weighted by Gasteiger charge is 2.33. The highest BCUT2D eigenvalue weighted by Crippen LogP contribution is 2.32. The van der Waals surface area contributed by atoms with E-state index in [0.717, 1.165) is 6.07 Å². The van der Waals surface area contributed by atoms with Gasteiger partial charge in [0.15, 0.2) is 0 Å². The number of aromatic nitrogens is 3. The molecule has 0 atom stereocenters. The molecule has 3 rings (SSSR count). The van der Waals surface area contributed by atoms with Crippen molar-refractivity contribution in [3.63, 3.8) is 0 Å². The first-order valence-electron chi connectivity index (χ1n) is 6.17. The van der Waals surface area contributed by atoms with Gasteiger partial charge in [-0.1, -0.05) is 24.3 Å². The number of nitrogens with zero attached hydrogens (tertiary/aromatic N) is 2. The lowest BCUT2D eigenvalue weighted by atomic mass is 10.0. The fourth-order valence-electron chi connectivity index (χ4n) is 2.25. The van der Waals surface area contributed by atoms with Crippen molar-refractivity contribution in [3.8, 4) is 0 Å². The Hall–Kier alpha value is -2.57. The number of aromatic amines is 1. The van der Waals surface area contributed by atoms with Crippen LogP contribution in [0.3, 0.4) is 0 Å².